The summed E-state index contributed by atoms with van der Waals surface area (Å²) >= 11 is 0. The molecule has 0 aliphatic heterocycles. The average Bonchev–Trinajstić information content (AvgIpc) is 2.81. The highest BCUT2D eigenvalue weighted by Crippen LogP contribution is 2.23. The van der Waals surface area contributed by atoms with Crippen LogP contribution in [0, 0.1) is 5.82 Å². The highest BCUT2D eigenvalue weighted by Gasteiger charge is 2.21. The van der Waals surface area contributed by atoms with E-state index in [4.69, 9.17) is 16.2 Å². The number of rotatable bonds is 10. The monoisotopic (exact) mass is 436 g/mol. The second kappa shape index (κ2) is 11.4. The van der Waals surface area contributed by atoms with E-state index >= 15 is 0 Å². The molecule has 0 spiro atoms. The van der Waals surface area contributed by atoms with Crippen molar-refractivity contribution in [2.45, 2.75) is 44.9 Å². The lowest BCUT2D eigenvalue weighted by atomic mass is 9.97. The minimum absolute atomic E-state index is 0.199. The number of hydrogen-bond donors (Lipinski definition) is 3. The first-order valence-corrected chi connectivity index (χ1v) is 10.7. The minimum atomic E-state index is -0.354. The van der Waals surface area contributed by atoms with Gasteiger partial charge in [0, 0.05) is 11.8 Å². The standard InChI is InChI=1S/C25H29FN4O2/c1-2-3-6-22(32-16-17-7-13-20(26)14-8-17)23(27)18-9-11-19(12-10-18)25(31)30-21-5-4-15-29-24(21)28/h4-5,7-15,22-23H,2-3,6,16,27H2,1H3,(H2,28,29)(H,30,31). The number of pyridine rings is 1. The summed E-state index contributed by atoms with van der Waals surface area (Å²) in [6, 6.07) is 16.4. The van der Waals surface area contributed by atoms with Crippen LogP contribution in [-0.4, -0.2) is 17.0 Å². The van der Waals surface area contributed by atoms with Gasteiger partial charge in [0.25, 0.3) is 5.91 Å². The summed E-state index contributed by atoms with van der Waals surface area (Å²) in [5.74, 6) is -0.292. The summed E-state index contributed by atoms with van der Waals surface area (Å²) < 4.78 is 19.2. The van der Waals surface area contributed by atoms with Crippen LogP contribution in [0.3, 0.4) is 0 Å². The van der Waals surface area contributed by atoms with Gasteiger partial charge in [0.15, 0.2) is 0 Å². The molecule has 1 amide bonds. The third-order valence-corrected chi connectivity index (χ3v) is 5.26. The third kappa shape index (κ3) is 6.35. The number of unbranched alkanes of at least 4 members (excludes halogenated alkanes) is 1. The lowest BCUT2D eigenvalue weighted by Gasteiger charge is -2.25. The highest BCUT2D eigenvalue weighted by molar-refractivity contribution is 6.05. The Labute approximate surface area is 187 Å². The van der Waals surface area contributed by atoms with Crippen molar-refractivity contribution >= 4 is 17.4 Å². The number of halogens is 1. The molecule has 0 bridgehead atoms. The summed E-state index contributed by atoms with van der Waals surface area (Å²) in [4.78, 5) is 16.5. The molecule has 0 aliphatic carbocycles. The summed E-state index contributed by atoms with van der Waals surface area (Å²) in [7, 11) is 0. The van der Waals surface area contributed by atoms with E-state index in [1.54, 1.807) is 42.6 Å². The highest BCUT2D eigenvalue weighted by atomic mass is 19.1. The topological polar surface area (TPSA) is 103 Å². The Bertz CT molecular complexity index is 1010. The van der Waals surface area contributed by atoms with Gasteiger partial charge in [-0.15, -0.1) is 0 Å². The van der Waals surface area contributed by atoms with Crippen LogP contribution in [0.5, 0.6) is 0 Å². The number of carbonyl (C=O) groups excluding carboxylic acids is 1. The van der Waals surface area contributed by atoms with Crippen LogP contribution in [0.2, 0.25) is 0 Å². The first-order valence-electron chi connectivity index (χ1n) is 10.7. The molecular weight excluding hydrogens is 407 g/mol. The zero-order valence-corrected chi connectivity index (χ0v) is 18.1. The molecule has 0 fully saturated rings. The molecule has 0 radical (unpaired) electrons. The summed E-state index contributed by atoms with van der Waals surface area (Å²) in [5, 5.41) is 2.76. The van der Waals surface area contributed by atoms with Gasteiger partial charge in [-0.3, -0.25) is 4.79 Å². The number of ether oxygens (including phenoxy) is 1. The Morgan fingerprint density at radius 3 is 2.50 bits per heavy atom. The normalized spacial score (nSPS) is 12.8. The second-order valence-corrected chi connectivity index (χ2v) is 7.66. The number of carbonyl (C=O) groups is 1. The fourth-order valence-electron chi connectivity index (χ4n) is 3.34. The van der Waals surface area contributed by atoms with Crippen LogP contribution in [0.1, 0.15) is 53.7 Å². The molecule has 3 aromatic rings. The van der Waals surface area contributed by atoms with Gasteiger partial charge in [0.05, 0.1) is 24.4 Å². The lowest BCUT2D eigenvalue weighted by molar-refractivity contribution is 0.0161. The van der Waals surface area contributed by atoms with Crippen LogP contribution in [0.15, 0.2) is 66.9 Å². The molecule has 3 rings (SSSR count). The average molecular weight is 437 g/mol. The molecule has 32 heavy (non-hydrogen) atoms. The predicted molar refractivity (Wildman–Crippen MR) is 124 cm³/mol. The maximum absolute atomic E-state index is 13.1. The zero-order chi connectivity index (χ0) is 22.9. The lowest BCUT2D eigenvalue weighted by Crippen LogP contribution is -2.29. The first kappa shape index (κ1) is 23.4. The largest absolute Gasteiger partial charge is 0.382 e. The van der Waals surface area contributed by atoms with Gasteiger partial charge in [-0.05, 0) is 53.9 Å². The second-order valence-electron chi connectivity index (χ2n) is 7.66. The Morgan fingerprint density at radius 2 is 1.84 bits per heavy atom. The fourth-order valence-corrected chi connectivity index (χ4v) is 3.34. The van der Waals surface area contributed by atoms with Crippen LogP contribution in [-0.2, 0) is 11.3 Å². The molecule has 0 saturated carbocycles. The van der Waals surface area contributed by atoms with Crippen LogP contribution >= 0.6 is 0 Å². The molecule has 0 saturated heterocycles. The number of nitrogens with one attached hydrogen (secondary N) is 1. The molecule has 1 aromatic heterocycles. The molecule has 7 heteroatoms. The molecule has 168 valence electrons. The molecule has 2 atom stereocenters. The van der Waals surface area contributed by atoms with Crippen molar-refractivity contribution in [3.05, 3.63) is 89.4 Å². The van der Waals surface area contributed by atoms with E-state index in [0.29, 0.717) is 17.9 Å². The van der Waals surface area contributed by atoms with E-state index < -0.39 is 0 Å². The quantitative estimate of drug-likeness (QED) is 0.422. The van der Waals surface area contributed by atoms with Crippen molar-refractivity contribution < 1.29 is 13.9 Å². The maximum Gasteiger partial charge on any atom is 0.255 e. The number of nitrogen functional groups attached to an aromatic ring is 1. The van der Waals surface area contributed by atoms with Gasteiger partial charge in [-0.2, -0.15) is 0 Å². The van der Waals surface area contributed by atoms with Gasteiger partial charge in [0.1, 0.15) is 11.6 Å². The van der Waals surface area contributed by atoms with E-state index in [1.165, 1.54) is 12.1 Å². The van der Waals surface area contributed by atoms with Gasteiger partial charge in [-0.1, -0.05) is 44.0 Å². The summed E-state index contributed by atoms with van der Waals surface area (Å²) in [6.45, 7) is 2.47. The van der Waals surface area contributed by atoms with E-state index in [9.17, 15) is 9.18 Å². The Balaban J connectivity index is 1.66. The van der Waals surface area contributed by atoms with Crippen molar-refractivity contribution in [2.75, 3.05) is 11.1 Å². The van der Waals surface area contributed by atoms with Crippen LogP contribution in [0.25, 0.3) is 0 Å². The Hall–Kier alpha value is -3.29. The van der Waals surface area contributed by atoms with Crippen LogP contribution in [0.4, 0.5) is 15.9 Å². The number of anilines is 2. The van der Waals surface area contributed by atoms with Gasteiger partial charge in [-0.25, -0.2) is 9.37 Å². The molecular formula is C25H29FN4O2. The van der Waals surface area contributed by atoms with E-state index in [-0.39, 0.29) is 29.7 Å². The summed E-state index contributed by atoms with van der Waals surface area (Å²) in [5.41, 5.74) is 15.0. The molecule has 2 unspecified atom stereocenters. The molecule has 5 N–H and O–H groups in total. The SMILES string of the molecule is CCCCC(OCc1ccc(F)cc1)C(N)c1ccc(C(=O)Nc2cccnc2N)cc1. The third-order valence-electron chi connectivity index (χ3n) is 5.26. The molecule has 1 heterocycles. The van der Waals surface area contributed by atoms with E-state index in [2.05, 4.69) is 17.2 Å². The summed E-state index contributed by atoms with van der Waals surface area (Å²) in [6.07, 6.45) is 4.18. The van der Waals surface area contributed by atoms with Gasteiger partial charge in [0.2, 0.25) is 0 Å². The smallest absolute Gasteiger partial charge is 0.255 e. The molecule has 2 aromatic carbocycles. The van der Waals surface area contributed by atoms with Gasteiger partial charge < -0.3 is 21.5 Å². The van der Waals surface area contributed by atoms with Crippen molar-refractivity contribution in [2.24, 2.45) is 5.73 Å². The molecule has 6 nitrogen and oxygen atoms in total. The van der Waals surface area contributed by atoms with Crippen molar-refractivity contribution in [1.82, 2.24) is 4.98 Å². The van der Waals surface area contributed by atoms with Crippen molar-refractivity contribution in [3.63, 3.8) is 0 Å². The number of amides is 1. The minimum Gasteiger partial charge on any atom is -0.382 e. The van der Waals surface area contributed by atoms with E-state index in [1.807, 2.05) is 12.1 Å². The van der Waals surface area contributed by atoms with E-state index in [0.717, 1.165) is 30.4 Å². The van der Waals surface area contributed by atoms with Gasteiger partial charge >= 0.3 is 0 Å². The maximum atomic E-state index is 13.1. The number of nitrogens with two attached hydrogens (primary N) is 2. The first-order chi connectivity index (χ1) is 15.5. The van der Waals surface area contributed by atoms with Crippen molar-refractivity contribution in [3.8, 4) is 0 Å². The molecule has 0 aliphatic rings. The predicted octanol–water partition coefficient (Wildman–Crippen LogP) is 4.83. The number of aromatic nitrogens is 1. The number of nitrogens with zero attached hydrogens (tertiary/aromatic N) is 1. The Kier molecular flexibility index (Phi) is 8.30. The number of benzene rings is 2. The zero-order valence-electron chi connectivity index (χ0n) is 18.1. The van der Waals surface area contributed by atoms with Crippen molar-refractivity contribution in [1.29, 1.82) is 0 Å². The Morgan fingerprint density at radius 1 is 1.12 bits per heavy atom. The van der Waals surface area contributed by atoms with Crippen LogP contribution < -0.4 is 16.8 Å². The fraction of sp³-hybridized carbons (Fsp3) is 0.280. The number of hydrogen-bond acceptors (Lipinski definition) is 5.